The smallest absolute Gasteiger partial charge is 0.152 e. The fourth-order valence-corrected chi connectivity index (χ4v) is 4.16. The number of hydrogen-bond acceptors (Lipinski definition) is 5. The van der Waals surface area contributed by atoms with Crippen LogP contribution in [0, 0.1) is 0 Å². The molecule has 2 N–H and O–H groups in total. The maximum atomic E-state index is 11.5. The highest BCUT2D eigenvalue weighted by molar-refractivity contribution is 7.91. The van der Waals surface area contributed by atoms with Crippen LogP contribution in [0.5, 0.6) is 0 Å². The first kappa shape index (κ1) is 14.3. The van der Waals surface area contributed by atoms with Crippen LogP contribution in [0.15, 0.2) is 18.3 Å². The Bertz CT molecular complexity index is 525. The summed E-state index contributed by atoms with van der Waals surface area (Å²) in [5, 5.41) is 0. The Morgan fingerprint density at radius 1 is 1.53 bits per heavy atom. The molecule has 106 valence electrons. The first-order valence-corrected chi connectivity index (χ1v) is 8.33. The van der Waals surface area contributed by atoms with Gasteiger partial charge in [-0.15, -0.1) is 0 Å². The average molecular weight is 283 g/mol. The van der Waals surface area contributed by atoms with E-state index in [-0.39, 0.29) is 23.6 Å². The molecule has 0 amide bonds. The van der Waals surface area contributed by atoms with E-state index in [0.717, 1.165) is 17.8 Å². The van der Waals surface area contributed by atoms with Gasteiger partial charge in [0.25, 0.3) is 0 Å². The molecule has 1 fully saturated rings. The molecular weight excluding hydrogens is 262 g/mol. The van der Waals surface area contributed by atoms with Crippen molar-refractivity contribution < 1.29 is 8.42 Å². The van der Waals surface area contributed by atoms with Gasteiger partial charge in [0.1, 0.15) is 5.82 Å². The molecule has 1 aromatic heterocycles. The number of sulfone groups is 1. The second-order valence-electron chi connectivity index (χ2n) is 5.37. The SMILES string of the molecule is CC(N)Cc1ccc(N(C)C2CCS(=O)(=O)C2)nc1. The lowest BCUT2D eigenvalue weighted by Crippen LogP contribution is -2.33. The summed E-state index contributed by atoms with van der Waals surface area (Å²) in [4.78, 5) is 6.36. The summed E-state index contributed by atoms with van der Waals surface area (Å²) in [6.07, 6.45) is 3.30. The van der Waals surface area contributed by atoms with Crippen LogP contribution in [0.3, 0.4) is 0 Å². The zero-order chi connectivity index (χ0) is 14.0. The van der Waals surface area contributed by atoms with Crippen molar-refractivity contribution in [1.29, 1.82) is 0 Å². The Labute approximate surface area is 114 Å². The lowest BCUT2D eigenvalue weighted by molar-refractivity contribution is 0.600. The molecule has 0 aliphatic carbocycles. The Balaban J connectivity index is 2.06. The summed E-state index contributed by atoms with van der Waals surface area (Å²) in [6.45, 7) is 1.96. The van der Waals surface area contributed by atoms with Gasteiger partial charge < -0.3 is 10.6 Å². The number of rotatable bonds is 4. The first-order chi connectivity index (χ1) is 8.87. The molecule has 6 heteroatoms. The van der Waals surface area contributed by atoms with E-state index in [1.165, 1.54) is 0 Å². The molecule has 2 atom stereocenters. The second-order valence-corrected chi connectivity index (χ2v) is 7.60. The van der Waals surface area contributed by atoms with Gasteiger partial charge in [0.15, 0.2) is 9.84 Å². The molecule has 19 heavy (non-hydrogen) atoms. The molecule has 0 radical (unpaired) electrons. The minimum absolute atomic E-state index is 0.0387. The summed E-state index contributed by atoms with van der Waals surface area (Å²) >= 11 is 0. The van der Waals surface area contributed by atoms with Crippen molar-refractivity contribution in [1.82, 2.24) is 4.98 Å². The highest BCUT2D eigenvalue weighted by atomic mass is 32.2. The number of nitrogens with zero attached hydrogens (tertiary/aromatic N) is 2. The Hall–Kier alpha value is -1.14. The van der Waals surface area contributed by atoms with Gasteiger partial charge in [-0.05, 0) is 31.4 Å². The molecule has 0 aromatic carbocycles. The molecule has 1 saturated heterocycles. The van der Waals surface area contributed by atoms with Crippen LogP contribution >= 0.6 is 0 Å². The number of hydrogen-bond donors (Lipinski definition) is 1. The minimum atomic E-state index is -2.86. The van der Waals surface area contributed by atoms with E-state index < -0.39 is 9.84 Å². The fourth-order valence-electron chi connectivity index (χ4n) is 2.39. The molecule has 1 aliphatic heterocycles. The zero-order valence-corrected chi connectivity index (χ0v) is 12.2. The molecule has 0 spiro atoms. The van der Waals surface area contributed by atoms with Crippen molar-refractivity contribution in [3.05, 3.63) is 23.9 Å². The van der Waals surface area contributed by atoms with Crippen molar-refractivity contribution in [2.75, 3.05) is 23.5 Å². The summed E-state index contributed by atoms with van der Waals surface area (Å²) < 4.78 is 23.0. The third-order valence-electron chi connectivity index (χ3n) is 3.48. The van der Waals surface area contributed by atoms with Crippen LogP contribution in [-0.4, -0.2) is 44.0 Å². The third-order valence-corrected chi connectivity index (χ3v) is 5.23. The van der Waals surface area contributed by atoms with E-state index in [9.17, 15) is 8.42 Å². The van der Waals surface area contributed by atoms with Crippen molar-refractivity contribution in [2.45, 2.75) is 31.8 Å². The molecule has 0 saturated carbocycles. The van der Waals surface area contributed by atoms with Crippen LogP contribution in [0.2, 0.25) is 0 Å². The summed E-state index contributed by atoms with van der Waals surface area (Å²) in [5.74, 6) is 1.33. The van der Waals surface area contributed by atoms with Gasteiger partial charge in [-0.1, -0.05) is 6.07 Å². The van der Waals surface area contributed by atoms with Gasteiger partial charge >= 0.3 is 0 Å². The summed E-state index contributed by atoms with van der Waals surface area (Å²) in [7, 11) is -0.957. The van der Waals surface area contributed by atoms with Gasteiger partial charge in [0.2, 0.25) is 0 Å². The van der Waals surface area contributed by atoms with Crippen molar-refractivity contribution in [3.63, 3.8) is 0 Å². The predicted molar refractivity (Wildman–Crippen MR) is 77.1 cm³/mol. The highest BCUT2D eigenvalue weighted by Crippen LogP contribution is 2.21. The first-order valence-electron chi connectivity index (χ1n) is 6.51. The van der Waals surface area contributed by atoms with Crippen molar-refractivity contribution in [3.8, 4) is 0 Å². The van der Waals surface area contributed by atoms with Crippen LogP contribution in [0.25, 0.3) is 0 Å². The van der Waals surface area contributed by atoms with Gasteiger partial charge in [0, 0.05) is 25.3 Å². The standard InChI is InChI=1S/C13H21N3O2S/c1-10(14)7-11-3-4-13(15-8-11)16(2)12-5-6-19(17,18)9-12/h3-4,8,10,12H,5-7,9,14H2,1-2H3. The molecule has 1 aliphatic rings. The van der Waals surface area contributed by atoms with Gasteiger partial charge in [-0.2, -0.15) is 0 Å². The Morgan fingerprint density at radius 2 is 2.26 bits per heavy atom. The van der Waals surface area contributed by atoms with Crippen LogP contribution in [0.1, 0.15) is 18.9 Å². The fraction of sp³-hybridized carbons (Fsp3) is 0.615. The molecule has 5 nitrogen and oxygen atoms in total. The quantitative estimate of drug-likeness (QED) is 0.875. The van der Waals surface area contributed by atoms with Crippen molar-refractivity contribution in [2.24, 2.45) is 5.73 Å². The van der Waals surface area contributed by atoms with E-state index in [1.54, 1.807) is 0 Å². The van der Waals surface area contributed by atoms with E-state index in [0.29, 0.717) is 6.42 Å². The molecular formula is C13H21N3O2S. The minimum Gasteiger partial charge on any atom is -0.356 e. The van der Waals surface area contributed by atoms with Gasteiger partial charge in [-0.3, -0.25) is 0 Å². The number of aromatic nitrogens is 1. The summed E-state index contributed by atoms with van der Waals surface area (Å²) in [6, 6.07) is 4.09. The normalized spacial score (nSPS) is 23.2. The van der Waals surface area contributed by atoms with Crippen molar-refractivity contribution >= 4 is 15.7 Å². The van der Waals surface area contributed by atoms with Crippen LogP contribution in [0.4, 0.5) is 5.82 Å². The van der Waals surface area contributed by atoms with Crippen LogP contribution < -0.4 is 10.6 Å². The largest absolute Gasteiger partial charge is 0.356 e. The Kier molecular flexibility index (Phi) is 4.10. The predicted octanol–water partition coefficient (Wildman–Crippen LogP) is 0.595. The molecule has 2 rings (SSSR count). The monoisotopic (exact) mass is 283 g/mol. The molecule has 1 aromatic rings. The maximum absolute atomic E-state index is 11.5. The zero-order valence-electron chi connectivity index (χ0n) is 11.4. The lowest BCUT2D eigenvalue weighted by atomic mass is 10.1. The average Bonchev–Trinajstić information content (AvgIpc) is 2.69. The van der Waals surface area contributed by atoms with E-state index >= 15 is 0 Å². The van der Waals surface area contributed by atoms with E-state index in [4.69, 9.17) is 5.73 Å². The number of nitrogens with two attached hydrogens (primary N) is 1. The van der Waals surface area contributed by atoms with Gasteiger partial charge in [-0.25, -0.2) is 13.4 Å². The van der Waals surface area contributed by atoms with Gasteiger partial charge in [0.05, 0.1) is 11.5 Å². The summed E-state index contributed by atoms with van der Waals surface area (Å²) in [5.41, 5.74) is 6.85. The highest BCUT2D eigenvalue weighted by Gasteiger charge is 2.31. The molecule has 2 heterocycles. The third kappa shape index (κ3) is 3.67. The lowest BCUT2D eigenvalue weighted by Gasteiger charge is -2.24. The van der Waals surface area contributed by atoms with Crippen LogP contribution in [-0.2, 0) is 16.3 Å². The number of anilines is 1. The number of pyridine rings is 1. The Morgan fingerprint density at radius 3 is 2.74 bits per heavy atom. The molecule has 2 unspecified atom stereocenters. The van der Waals surface area contributed by atoms with E-state index in [1.807, 2.05) is 37.2 Å². The topological polar surface area (TPSA) is 76.3 Å². The van der Waals surface area contributed by atoms with E-state index in [2.05, 4.69) is 4.98 Å². The second kappa shape index (κ2) is 5.46. The molecule has 0 bridgehead atoms. The maximum Gasteiger partial charge on any atom is 0.152 e.